The number of hydrogen-bond donors (Lipinski definition) is 1. The number of nitrogen functional groups attached to an aromatic ring is 1. The highest BCUT2D eigenvalue weighted by Gasteiger charge is 2.11. The second kappa shape index (κ2) is 6.61. The van der Waals surface area contributed by atoms with Crippen LogP contribution in [0.25, 0.3) is 0 Å². The minimum Gasteiger partial charge on any atom is -0.473 e. The highest BCUT2D eigenvalue weighted by Crippen LogP contribution is 2.31. The number of benzene rings is 1. The van der Waals surface area contributed by atoms with Crippen molar-refractivity contribution in [2.75, 3.05) is 5.73 Å². The Kier molecular flexibility index (Phi) is 4.84. The van der Waals surface area contributed by atoms with Gasteiger partial charge >= 0.3 is 0 Å². The average Bonchev–Trinajstić information content (AvgIpc) is 2.41. The first-order valence-corrected chi connectivity index (χ1v) is 7.51. The molecule has 0 fully saturated rings. The second-order valence-corrected chi connectivity index (χ2v) is 5.74. The second-order valence-electron chi connectivity index (χ2n) is 4.78. The minimum atomic E-state index is 0.0430. The van der Waals surface area contributed by atoms with Crippen LogP contribution in [-0.4, -0.2) is 16.1 Å². The summed E-state index contributed by atoms with van der Waals surface area (Å²) in [5.74, 6) is 1.29. The molecule has 0 amide bonds. The van der Waals surface area contributed by atoms with Crippen molar-refractivity contribution < 1.29 is 4.74 Å². The van der Waals surface area contributed by atoms with Crippen LogP contribution in [0.5, 0.6) is 5.88 Å². The van der Waals surface area contributed by atoms with Crippen molar-refractivity contribution in [2.24, 2.45) is 0 Å². The molecule has 1 aromatic heterocycles. The van der Waals surface area contributed by atoms with Gasteiger partial charge in [-0.3, -0.25) is 0 Å². The number of ether oxygens (including phenoxy) is 1. The Morgan fingerprint density at radius 2 is 2.00 bits per heavy atom. The number of aromatic nitrogens is 2. The predicted molar refractivity (Wildman–Crippen MR) is 82.9 cm³/mol. The maximum Gasteiger partial charge on any atom is 0.241 e. The topological polar surface area (TPSA) is 61.0 Å². The summed E-state index contributed by atoms with van der Waals surface area (Å²) in [5.41, 5.74) is 9.13. The van der Waals surface area contributed by atoms with E-state index in [0.29, 0.717) is 11.6 Å². The zero-order valence-corrected chi connectivity index (χ0v) is 12.8. The molecule has 2 aromatic rings. The Morgan fingerprint density at radius 1 is 1.25 bits per heavy atom. The molecule has 0 spiro atoms. The van der Waals surface area contributed by atoms with Crippen LogP contribution in [0, 0.1) is 6.92 Å². The summed E-state index contributed by atoms with van der Waals surface area (Å²) in [6.45, 7) is 6.00. The number of nitrogens with zero attached hydrogens (tertiary/aromatic N) is 2. The monoisotopic (exact) mass is 289 g/mol. The standard InChI is InChI=1S/C15H19N3OS/c1-10(2)19-14-13(16)15(18-9-17-14)20-8-12-7-5-4-6-11(12)3/h4-7,9-10H,8,16H2,1-3H3. The van der Waals surface area contributed by atoms with E-state index in [1.54, 1.807) is 11.8 Å². The quantitative estimate of drug-likeness (QED) is 0.675. The summed E-state index contributed by atoms with van der Waals surface area (Å²) in [6.07, 6.45) is 1.54. The molecule has 0 aliphatic heterocycles. The summed E-state index contributed by atoms with van der Waals surface area (Å²) in [6, 6.07) is 8.30. The van der Waals surface area contributed by atoms with E-state index in [0.717, 1.165) is 10.8 Å². The smallest absolute Gasteiger partial charge is 0.241 e. The molecular formula is C15H19N3OS. The van der Waals surface area contributed by atoms with Crippen LogP contribution < -0.4 is 10.5 Å². The van der Waals surface area contributed by atoms with Crippen LogP contribution in [0.1, 0.15) is 25.0 Å². The van der Waals surface area contributed by atoms with Gasteiger partial charge < -0.3 is 10.5 Å². The predicted octanol–water partition coefficient (Wildman–Crippen LogP) is 3.45. The van der Waals surface area contributed by atoms with Gasteiger partial charge in [-0.15, -0.1) is 0 Å². The van der Waals surface area contributed by atoms with Gasteiger partial charge in [0.05, 0.1) is 6.10 Å². The number of hydrogen-bond acceptors (Lipinski definition) is 5. The Balaban J connectivity index is 2.12. The molecule has 0 aliphatic rings. The van der Waals surface area contributed by atoms with Crippen molar-refractivity contribution >= 4 is 17.4 Å². The normalized spacial score (nSPS) is 10.8. The van der Waals surface area contributed by atoms with Gasteiger partial charge in [-0.2, -0.15) is 4.98 Å². The first kappa shape index (κ1) is 14.7. The van der Waals surface area contributed by atoms with Gasteiger partial charge in [-0.25, -0.2) is 4.98 Å². The Labute approximate surface area is 123 Å². The van der Waals surface area contributed by atoms with E-state index in [1.165, 1.54) is 17.5 Å². The molecule has 0 radical (unpaired) electrons. The molecule has 1 heterocycles. The van der Waals surface area contributed by atoms with Crippen LogP contribution in [0.3, 0.4) is 0 Å². The molecular weight excluding hydrogens is 270 g/mol. The lowest BCUT2D eigenvalue weighted by Gasteiger charge is -2.12. The van der Waals surface area contributed by atoms with Crippen molar-refractivity contribution in [1.82, 2.24) is 9.97 Å². The molecule has 0 unspecified atom stereocenters. The van der Waals surface area contributed by atoms with Crippen molar-refractivity contribution in [1.29, 1.82) is 0 Å². The Hall–Kier alpha value is -1.75. The number of aryl methyl sites for hydroxylation is 1. The largest absolute Gasteiger partial charge is 0.473 e. The molecule has 0 saturated heterocycles. The maximum absolute atomic E-state index is 6.06. The third-order valence-corrected chi connectivity index (χ3v) is 3.84. The van der Waals surface area contributed by atoms with Gasteiger partial charge in [0.1, 0.15) is 17.0 Å². The van der Waals surface area contributed by atoms with E-state index in [-0.39, 0.29) is 6.10 Å². The van der Waals surface area contributed by atoms with Gasteiger partial charge in [0.2, 0.25) is 5.88 Å². The molecule has 0 aliphatic carbocycles. The molecule has 0 bridgehead atoms. The summed E-state index contributed by atoms with van der Waals surface area (Å²) in [4.78, 5) is 8.32. The molecule has 5 heteroatoms. The number of anilines is 1. The van der Waals surface area contributed by atoms with Crippen molar-refractivity contribution in [3.63, 3.8) is 0 Å². The zero-order chi connectivity index (χ0) is 14.5. The van der Waals surface area contributed by atoms with Crippen molar-refractivity contribution in [2.45, 2.75) is 37.7 Å². The van der Waals surface area contributed by atoms with Gasteiger partial charge in [-0.1, -0.05) is 36.0 Å². The van der Waals surface area contributed by atoms with E-state index in [2.05, 4.69) is 29.0 Å². The van der Waals surface area contributed by atoms with Crippen molar-refractivity contribution in [3.8, 4) is 5.88 Å². The molecule has 1 aromatic carbocycles. The number of rotatable bonds is 5. The highest BCUT2D eigenvalue weighted by molar-refractivity contribution is 7.98. The lowest BCUT2D eigenvalue weighted by molar-refractivity contribution is 0.233. The molecule has 2 N–H and O–H groups in total. The number of thioether (sulfide) groups is 1. The first-order valence-electron chi connectivity index (χ1n) is 6.52. The summed E-state index contributed by atoms with van der Waals surface area (Å²) >= 11 is 1.60. The van der Waals surface area contributed by atoms with Crippen LogP contribution >= 0.6 is 11.8 Å². The fraction of sp³-hybridized carbons (Fsp3) is 0.333. The van der Waals surface area contributed by atoms with Crippen molar-refractivity contribution in [3.05, 3.63) is 41.7 Å². The highest BCUT2D eigenvalue weighted by atomic mass is 32.2. The van der Waals surface area contributed by atoms with E-state index < -0.39 is 0 Å². The molecule has 0 atom stereocenters. The van der Waals surface area contributed by atoms with Crippen LogP contribution in [0.2, 0.25) is 0 Å². The SMILES string of the molecule is Cc1ccccc1CSc1ncnc(OC(C)C)c1N. The van der Waals surface area contributed by atoms with Crippen LogP contribution in [-0.2, 0) is 5.75 Å². The van der Waals surface area contributed by atoms with Gasteiger partial charge in [0, 0.05) is 5.75 Å². The van der Waals surface area contributed by atoms with E-state index in [9.17, 15) is 0 Å². The molecule has 20 heavy (non-hydrogen) atoms. The molecule has 4 nitrogen and oxygen atoms in total. The fourth-order valence-electron chi connectivity index (χ4n) is 1.71. The Bertz CT molecular complexity index is 587. The van der Waals surface area contributed by atoms with Crippen LogP contribution in [0.15, 0.2) is 35.6 Å². The molecule has 0 saturated carbocycles. The first-order chi connectivity index (χ1) is 9.58. The van der Waals surface area contributed by atoms with E-state index in [1.807, 2.05) is 26.0 Å². The summed E-state index contributed by atoms with van der Waals surface area (Å²) < 4.78 is 5.57. The average molecular weight is 289 g/mol. The minimum absolute atomic E-state index is 0.0430. The maximum atomic E-state index is 6.06. The zero-order valence-electron chi connectivity index (χ0n) is 12.0. The van der Waals surface area contributed by atoms with Gasteiger partial charge in [0.25, 0.3) is 0 Å². The van der Waals surface area contributed by atoms with Gasteiger partial charge in [-0.05, 0) is 31.9 Å². The van der Waals surface area contributed by atoms with E-state index >= 15 is 0 Å². The molecule has 2 rings (SSSR count). The summed E-state index contributed by atoms with van der Waals surface area (Å²) in [5, 5.41) is 0.763. The summed E-state index contributed by atoms with van der Waals surface area (Å²) in [7, 11) is 0. The lowest BCUT2D eigenvalue weighted by Crippen LogP contribution is -2.10. The molecule has 106 valence electrons. The third-order valence-electron chi connectivity index (χ3n) is 2.78. The fourth-order valence-corrected chi connectivity index (χ4v) is 2.70. The Morgan fingerprint density at radius 3 is 2.70 bits per heavy atom. The third kappa shape index (κ3) is 3.63. The number of nitrogens with two attached hydrogens (primary N) is 1. The van der Waals surface area contributed by atoms with E-state index in [4.69, 9.17) is 10.5 Å². The van der Waals surface area contributed by atoms with Crippen LogP contribution in [0.4, 0.5) is 5.69 Å². The lowest BCUT2D eigenvalue weighted by atomic mass is 10.1. The van der Waals surface area contributed by atoms with Gasteiger partial charge in [0.15, 0.2) is 0 Å².